The fourth-order valence-corrected chi connectivity index (χ4v) is 3.59. The van der Waals surface area contributed by atoms with E-state index in [0.29, 0.717) is 29.2 Å². The molecule has 1 saturated carbocycles. The van der Waals surface area contributed by atoms with Crippen LogP contribution in [0.1, 0.15) is 31.6 Å². The number of pyridine rings is 2. The third-order valence-electron chi connectivity index (χ3n) is 5.23. The molecule has 0 saturated heterocycles. The van der Waals surface area contributed by atoms with E-state index in [0.717, 1.165) is 36.5 Å². The van der Waals surface area contributed by atoms with Crippen molar-refractivity contribution < 1.29 is 9.21 Å². The number of rotatable bonds is 4. The molecular weight excluding hydrogens is 342 g/mol. The van der Waals surface area contributed by atoms with E-state index in [4.69, 9.17) is 4.42 Å². The minimum Gasteiger partial charge on any atom is -0.439 e. The number of anilines is 1. The zero-order chi connectivity index (χ0) is 18.8. The highest BCUT2D eigenvalue weighted by Gasteiger charge is 2.25. The zero-order valence-corrected chi connectivity index (χ0v) is 15.5. The molecule has 0 aliphatic heterocycles. The van der Waals surface area contributed by atoms with Gasteiger partial charge in [-0.15, -0.1) is 0 Å². The number of aryl methyl sites for hydroxylation is 1. The van der Waals surface area contributed by atoms with Gasteiger partial charge in [-0.2, -0.15) is 0 Å². The highest BCUT2D eigenvalue weighted by atomic mass is 16.4. The molecule has 3 aromatic heterocycles. The van der Waals surface area contributed by atoms with Crippen molar-refractivity contribution >= 4 is 22.5 Å². The number of carbonyl (C=O) groups excluding carboxylic acids is 1. The fourth-order valence-electron chi connectivity index (χ4n) is 3.59. The van der Waals surface area contributed by atoms with Crippen LogP contribution in [0.4, 0.5) is 5.82 Å². The predicted octanol–water partition coefficient (Wildman–Crippen LogP) is 3.31. The Kier molecular flexibility index (Phi) is 4.85. The van der Waals surface area contributed by atoms with E-state index in [-0.39, 0.29) is 11.8 Å². The SMILES string of the molecule is CN[C@H]1CC[C@H](C(=O)Nc2cc3cc(-c4cnc(C)o4)ncc3cn2)CC1. The molecule has 4 rings (SSSR count). The Hall–Kier alpha value is -2.80. The summed E-state index contributed by atoms with van der Waals surface area (Å²) in [7, 11) is 1.98. The second-order valence-corrected chi connectivity index (χ2v) is 7.06. The fraction of sp³-hybridized carbons (Fsp3) is 0.400. The van der Waals surface area contributed by atoms with E-state index >= 15 is 0 Å². The summed E-state index contributed by atoms with van der Waals surface area (Å²) < 4.78 is 5.55. The number of nitrogens with zero attached hydrogens (tertiary/aromatic N) is 3. The molecule has 0 radical (unpaired) electrons. The van der Waals surface area contributed by atoms with Crippen LogP contribution in [0.15, 0.2) is 35.1 Å². The average Bonchev–Trinajstić information content (AvgIpc) is 3.14. The topological polar surface area (TPSA) is 92.9 Å². The van der Waals surface area contributed by atoms with Crippen LogP contribution in [0.5, 0.6) is 0 Å². The van der Waals surface area contributed by atoms with Crippen molar-refractivity contribution in [3.63, 3.8) is 0 Å². The number of amides is 1. The summed E-state index contributed by atoms with van der Waals surface area (Å²) >= 11 is 0. The highest BCUT2D eigenvalue weighted by molar-refractivity contribution is 5.94. The maximum atomic E-state index is 12.6. The van der Waals surface area contributed by atoms with Crippen molar-refractivity contribution in [1.29, 1.82) is 0 Å². The summed E-state index contributed by atoms with van der Waals surface area (Å²) in [5, 5.41) is 8.11. The Balaban J connectivity index is 1.51. The number of hydrogen-bond acceptors (Lipinski definition) is 6. The predicted molar refractivity (Wildman–Crippen MR) is 103 cm³/mol. The molecule has 7 nitrogen and oxygen atoms in total. The molecule has 0 unspecified atom stereocenters. The number of aromatic nitrogens is 3. The van der Waals surface area contributed by atoms with Crippen molar-refractivity contribution in [2.75, 3.05) is 12.4 Å². The van der Waals surface area contributed by atoms with Gasteiger partial charge in [-0.25, -0.2) is 9.97 Å². The third kappa shape index (κ3) is 3.83. The molecule has 1 fully saturated rings. The van der Waals surface area contributed by atoms with Gasteiger partial charge in [0.15, 0.2) is 11.7 Å². The van der Waals surface area contributed by atoms with E-state index in [1.807, 2.05) is 19.2 Å². The van der Waals surface area contributed by atoms with Gasteiger partial charge in [-0.1, -0.05) is 0 Å². The maximum absolute atomic E-state index is 12.6. The first-order chi connectivity index (χ1) is 13.1. The van der Waals surface area contributed by atoms with E-state index in [1.165, 1.54) is 0 Å². The molecule has 0 atom stereocenters. The van der Waals surface area contributed by atoms with Crippen LogP contribution >= 0.6 is 0 Å². The maximum Gasteiger partial charge on any atom is 0.228 e. The summed E-state index contributed by atoms with van der Waals surface area (Å²) in [6, 6.07) is 4.32. The Bertz CT molecular complexity index is 960. The molecule has 0 bridgehead atoms. The molecule has 1 aliphatic carbocycles. The van der Waals surface area contributed by atoms with Crippen LogP contribution in [0.3, 0.4) is 0 Å². The zero-order valence-electron chi connectivity index (χ0n) is 15.5. The molecule has 2 N–H and O–H groups in total. The minimum absolute atomic E-state index is 0.0524. The lowest BCUT2D eigenvalue weighted by Crippen LogP contribution is -2.34. The molecule has 140 valence electrons. The van der Waals surface area contributed by atoms with Crippen molar-refractivity contribution in [1.82, 2.24) is 20.3 Å². The standard InChI is InChI=1S/C20H23N5O2/c1-12-22-11-18(27-12)17-7-14-8-19(24-10-15(14)9-23-17)25-20(26)13-3-5-16(21-2)6-4-13/h7-11,13,16,21H,3-6H2,1-2H3,(H,24,25,26)/t13-,16-. The lowest BCUT2D eigenvalue weighted by molar-refractivity contribution is -0.120. The number of nitrogens with one attached hydrogen (secondary N) is 2. The summed E-state index contributed by atoms with van der Waals surface area (Å²) in [6.07, 6.45) is 9.02. The van der Waals surface area contributed by atoms with Gasteiger partial charge in [-0.05, 0) is 50.2 Å². The van der Waals surface area contributed by atoms with Gasteiger partial charge in [0.2, 0.25) is 5.91 Å². The second kappa shape index (κ2) is 7.44. The normalized spacial score (nSPS) is 19.9. The summed E-state index contributed by atoms with van der Waals surface area (Å²) in [5.41, 5.74) is 0.706. The van der Waals surface area contributed by atoms with Gasteiger partial charge in [0.25, 0.3) is 0 Å². The van der Waals surface area contributed by atoms with Crippen LogP contribution in [-0.4, -0.2) is 33.9 Å². The monoisotopic (exact) mass is 365 g/mol. The van der Waals surface area contributed by atoms with Crippen LogP contribution in [0, 0.1) is 12.8 Å². The quantitative estimate of drug-likeness (QED) is 0.737. The van der Waals surface area contributed by atoms with E-state index < -0.39 is 0 Å². The van der Waals surface area contributed by atoms with Crippen LogP contribution < -0.4 is 10.6 Å². The van der Waals surface area contributed by atoms with Gasteiger partial charge in [0.05, 0.1) is 6.20 Å². The van der Waals surface area contributed by atoms with Gasteiger partial charge >= 0.3 is 0 Å². The minimum atomic E-state index is 0.0524. The molecule has 1 aliphatic rings. The van der Waals surface area contributed by atoms with Crippen LogP contribution in [0.25, 0.3) is 22.2 Å². The van der Waals surface area contributed by atoms with Crippen LogP contribution in [-0.2, 0) is 4.79 Å². The average molecular weight is 365 g/mol. The first kappa shape index (κ1) is 17.6. The molecule has 3 heterocycles. The first-order valence-corrected chi connectivity index (χ1v) is 9.29. The van der Waals surface area contributed by atoms with Gasteiger partial charge < -0.3 is 15.1 Å². The Morgan fingerprint density at radius 3 is 2.52 bits per heavy atom. The highest BCUT2D eigenvalue weighted by Crippen LogP contribution is 2.27. The van der Waals surface area contributed by atoms with Gasteiger partial charge in [-0.3, -0.25) is 9.78 Å². The number of hydrogen-bond donors (Lipinski definition) is 2. The lowest BCUT2D eigenvalue weighted by atomic mass is 9.85. The number of fused-ring (bicyclic) bond motifs is 1. The Labute approximate surface area is 157 Å². The van der Waals surface area contributed by atoms with E-state index in [9.17, 15) is 4.79 Å². The van der Waals surface area contributed by atoms with Crippen molar-refractivity contribution in [2.45, 2.75) is 38.6 Å². The molecule has 7 heteroatoms. The number of oxazole rings is 1. The lowest BCUT2D eigenvalue weighted by Gasteiger charge is -2.27. The second-order valence-electron chi connectivity index (χ2n) is 7.06. The van der Waals surface area contributed by atoms with Crippen molar-refractivity contribution in [3.8, 4) is 11.5 Å². The van der Waals surface area contributed by atoms with Crippen LogP contribution in [0.2, 0.25) is 0 Å². The van der Waals surface area contributed by atoms with Crippen molar-refractivity contribution in [3.05, 3.63) is 36.6 Å². The molecule has 0 aromatic carbocycles. The molecule has 1 amide bonds. The Morgan fingerprint density at radius 2 is 1.81 bits per heavy atom. The first-order valence-electron chi connectivity index (χ1n) is 9.29. The molecular formula is C20H23N5O2. The largest absolute Gasteiger partial charge is 0.439 e. The van der Waals surface area contributed by atoms with Gasteiger partial charge in [0, 0.05) is 36.7 Å². The molecule has 0 spiro atoms. The van der Waals surface area contributed by atoms with Gasteiger partial charge in [0.1, 0.15) is 11.5 Å². The Morgan fingerprint density at radius 1 is 1.04 bits per heavy atom. The molecule has 3 aromatic rings. The van der Waals surface area contributed by atoms with E-state index in [2.05, 4.69) is 25.6 Å². The number of carbonyl (C=O) groups is 1. The van der Waals surface area contributed by atoms with E-state index in [1.54, 1.807) is 25.5 Å². The van der Waals surface area contributed by atoms with Crippen molar-refractivity contribution in [2.24, 2.45) is 5.92 Å². The summed E-state index contributed by atoms with van der Waals surface area (Å²) in [6.45, 7) is 1.80. The summed E-state index contributed by atoms with van der Waals surface area (Å²) in [5.74, 6) is 1.89. The molecule has 27 heavy (non-hydrogen) atoms. The third-order valence-corrected chi connectivity index (χ3v) is 5.23. The summed E-state index contributed by atoms with van der Waals surface area (Å²) in [4.78, 5) is 25.5. The smallest absolute Gasteiger partial charge is 0.228 e.